The Balaban J connectivity index is 3.87. The van der Waals surface area contributed by atoms with Crippen LogP contribution in [0.5, 0.6) is 0 Å². The van der Waals surface area contributed by atoms with Crippen LogP contribution in [0.2, 0.25) is 0 Å². The number of allylic oxidation sites excluding steroid dienone is 1. The maximum atomic E-state index is 12.7. The fourth-order valence-corrected chi connectivity index (χ4v) is 8.72. The van der Waals surface area contributed by atoms with Gasteiger partial charge in [0.25, 0.3) is 10.1 Å². The van der Waals surface area contributed by atoms with Gasteiger partial charge in [0.2, 0.25) is 5.91 Å². The molecule has 0 saturated heterocycles. The Morgan fingerprint density at radius 1 is 0.474 bits per heavy atom. The monoisotopic (exact) mass is 828 g/mol. The van der Waals surface area contributed by atoms with Gasteiger partial charge < -0.3 is 15.5 Å². The molecule has 0 aliphatic carbocycles. The van der Waals surface area contributed by atoms with Crippen molar-refractivity contribution < 1.29 is 28.0 Å². The van der Waals surface area contributed by atoms with Crippen LogP contribution in [0, 0.1) is 0 Å². The standard InChI is InChI=1S/C49H97NO6S/c1-3-5-7-9-11-13-15-17-19-21-23-24-25-26-28-30-32-34-36-38-40-42-44-48(52)49(53)50-46(45-57(54,55)56)47(51)43-41-39-37-35-33-31-29-27-22-20-18-16-14-12-10-8-6-4-2/h41,43,46-48,51-52H,3-40,42,44-45H2,1-2H3,(H,50,53)(H,54,55,56)/b43-41+. The second-order valence-electron chi connectivity index (χ2n) is 17.6. The molecule has 1 amide bonds. The van der Waals surface area contributed by atoms with E-state index in [1.54, 1.807) is 0 Å². The largest absolute Gasteiger partial charge is 0.387 e. The molecular weight excluding hydrogens is 731 g/mol. The van der Waals surface area contributed by atoms with Crippen LogP contribution in [0.4, 0.5) is 0 Å². The van der Waals surface area contributed by atoms with Gasteiger partial charge in [-0.2, -0.15) is 8.42 Å². The van der Waals surface area contributed by atoms with Gasteiger partial charge in [0, 0.05) is 0 Å². The lowest BCUT2D eigenvalue weighted by Gasteiger charge is -2.22. The lowest BCUT2D eigenvalue weighted by atomic mass is 10.0. The molecule has 0 aromatic rings. The highest BCUT2D eigenvalue weighted by molar-refractivity contribution is 7.85. The Morgan fingerprint density at radius 2 is 0.754 bits per heavy atom. The minimum atomic E-state index is -4.44. The summed E-state index contributed by atoms with van der Waals surface area (Å²) in [5.74, 6) is -1.52. The molecule has 3 atom stereocenters. The molecule has 0 aliphatic heterocycles. The van der Waals surface area contributed by atoms with Crippen molar-refractivity contribution >= 4 is 16.0 Å². The fraction of sp³-hybridized carbons (Fsp3) is 0.939. The topological polar surface area (TPSA) is 124 Å². The lowest BCUT2D eigenvalue weighted by molar-refractivity contribution is -0.130. The van der Waals surface area contributed by atoms with Crippen LogP contribution >= 0.6 is 0 Å². The van der Waals surface area contributed by atoms with Crippen LogP contribution in [0.15, 0.2) is 12.2 Å². The Kier molecular flexibility index (Phi) is 42.4. The first-order valence-corrected chi connectivity index (χ1v) is 26.6. The van der Waals surface area contributed by atoms with Crippen molar-refractivity contribution in [2.75, 3.05) is 5.75 Å². The van der Waals surface area contributed by atoms with Gasteiger partial charge in [0.05, 0.1) is 17.9 Å². The molecule has 0 aromatic carbocycles. The summed E-state index contributed by atoms with van der Waals surface area (Å²) in [6.07, 6.45) is 51.3. The van der Waals surface area contributed by atoms with E-state index in [2.05, 4.69) is 19.2 Å². The third kappa shape index (κ3) is 43.0. The van der Waals surface area contributed by atoms with Crippen LogP contribution in [0.25, 0.3) is 0 Å². The zero-order valence-corrected chi connectivity index (χ0v) is 38.7. The number of unbranched alkanes of at least 4 members (excludes halogenated alkanes) is 37. The Morgan fingerprint density at radius 3 is 1.05 bits per heavy atom. The number of aliphatic hydroxyl groups is 2. The van der Waals surface area contributed by atoms with E-state index in [4.69, 9.17) is 0 Å². The molecule has 4 N–H and O–H groups in total. The van der Waals surface area contributed by atoms with E-state index in [9.17, 15) is 28.0 Å². The number of carbonyl (C=O) groups is 1. The first kappa shape index (κ1) is 56.0. The molecule has 0 bridgehead atoms. The van der Waals surface area contributed by atoms with Gasteiger partial charge >= 0.3 is 0 Å². The number of hydrogen-bond acceptors (Lipinski definition) is 5. The first-order chi connectivity index (χ1) is 27.7. The fourth-order valence-electron chi connectivity index (χ4n) is 7.99. The highest BCUT2D eigenvalue weighted by Gasteiger charge is 2.27. The van der Waals surface area contributed by atoms with E-state index >= 15 is 0 Å². The van der Waals surface area contributed by atoms with E-state index in [0.29, 0.717) is 6.42 Å². The summed E-state index contributed by atoms with van der Waals surface area (Å²) in [4.78, 5) is 12.7. The number of rotatable bonds is 46. The summed E-state index contributed by atoms with van der Waals surface area (Å²) in [6.45, 7) is 4.55. The van der Waals surface area contributed by atoms with Gasteiger partial charge in [-0.15, -0.1) is 0 Å². The third-order valence-corrected chi connectivity index (χ3v) is 12.6. The molecule has 0 heterocycles. The van der Waals surface area contributed by atoms with Crippen molar-refractivity contribution in [3.63, 3.8) is 0 Å². The summed E-state index contributed by atoms with van der Waals surface area (Å²) in [7, 11) is -4.44. The highest BCUT2D eigenvalue weighted by Crippen LogP contribution is 2.17. The summed E-state index contributed by atoms with van der Waals surface area (Å²) in [5.41, 5.74) is 0. The second-order valence-corrected chi connectivity index (χ2v) is 19.1. The van der Waals surface area contributed by atoms with E-state index in [1.807, 2.05) is 6.08 Å². The molecule has 0 radical (unpaired) electrons. The SMILES string of the molecule is CCCCCCCCCCCCCCCCCC/C=C/C(O)C(CS(=O)(=O)O)NC(=O)C(O)CCCCCCCCCCCCCCCCCCCCCCCC. The normalized spacial score (nSPS) is 13.7. The zero-order valence-electron chi connectivity index (χ0n) is 37.9. The molecule has 0 aliphatic rings. The van der Waals surface area contributed by atoms with Crippen LogP contribution in [-0.2, 0) is 14.9 Å². The Bertz CT molecular complexity index is 973. The quantitative estimate of drug-likeness (QED) is 0.0275. The average molecular weight is 828 g/mol. The molecule has 7 nitrogen and oxygen atoms in total. The van der Waals surface area contributed by atoms with Crippen molar-refractivity contribution in [3.8, 4) is 0 Å². The van der Waals surface area contributed by atoms with Crippen LogP contribution in [-0.4, -0.2) is 53.1 Å². The molecule has 340 valence electrons. The molecule has 0 saturated carbocycles. The smallest absolute Gasteiger partial charge is 0.267 e. The summed E-state index contributed by atoms with van der Waals surface area (Å²) in [5, 5.41) is 23.5. The predicted octanol–water partition coefficient (Wildman–Crippen LogP) is 14.3. The molecule has 0 fully saturated rings. The number of aliphatic hydroxyl groups excluding tert-OH is 2. The van der Waals surface area contributed by atoms with Gasteiger partial charge in [-0.1, -0.05) is 264 Å². The zero-order chi connectivity index (χ0) is 41.9. The molecule has 0 rings (SSSR count). The van der Waals surface area contributed by atoms with Crippen molar-refractivity contribution in [1.29, 1.82) is 0 Å². The minimum Gasteiger partial charge on any atom is -0.387 e. The van der Waals surface area contributed by atoms with Gasteiger partial charge in [-0.25, -0.2) is 0 Å². The van der Waals surface area contributed by atoms with Gasteiger partial charge in [-0.3, -0.25) is 9.35 Å². The molecule has 0 spiro atoms. The van der Waals surface area contributed by atoms with Crippen molar-refractivity contribution in [2.24, 2.45) is 0 Å². The van der Waals surface area contributed by atoms with Gasteiger partial charge in [0.1, 0.15) is 6.10 Å². The molecule has 8 heteroatoms. The van der Waals surface area contributed by atoms with Crippen LogP contribution in [0.3, 0.4) is 0 Å². The molecule has 57 heavy (non-hydrogen) atoms. The van der Waals surface area contributed by atoms with E-state index in [1.165, 1.54) is 212 Å². The van der Waals surface area contributed by atoms with Gasteiger partial charge in [0.15, 0.2) is 0 Å². The summed E-state index contributed by atoms with van der Waals surface area (Å²) < 4.78 is 32.7. The van der Waals surface area contributed by atoms with Crippen molar-refractivity contribution in [2.45, 2.75) is 289 Å². The maximum Gasteiger partial charge on any atom is 0.267 e. The summed E-state index contributed by atoms with van der Waals surface area (Å²) >= 11 is 0. The Hall–Kier alpha value is -0.960. The maximum absolute atomic E-state index is 12.7. The lowest BCUT2D eigenvalue weighted by Crippen LogP contribution is -2.50. The highest BCUT2D eigenvalue weighted by atomic mass is 32.2. The van der Waals surface area contributed by atoms with Crippen LogP contribution < -0.4 is 5.32 Å². The average Bonchev–Trinajstić information content (AvgIpc) is 3.18. The van der Waals surface area contributed by atoms with E-state index in [0.717, 1.165) is 38.5 Å². The first-order valence-electron chi connectivity index (χ1n) is 25.0. The van der Waals surface area contributed by atoms with Crippen molar-refractivity contribution in [3.05, 3.63) is 12.2 Å². The minimum absolute atomic E-state index is 0.286. The number of carbonyl (C=O) groups excluding carboxylic acids is 1. The predicted molar refractivity (Wildman–Crippen MR) is 246 cm³/mol. The summed E-state index contributed by atoms with van der Waals surface area (Å²) in [6, 6.07) is -1.23. The van der Waals surface area contributed by atoms with Crippen molar-refractivity contribution in [1.82, 2.24) is 5.32 Å². The third-order valence-electron chi connectivity index (χ3n) is 11.8. The second kappa shape index (κ2) is 43.1. The molecular formula is C49H97NO6S. The van der Waals surface area contributed by atoms with Gasteiger partial charge in [-0.05, 0) is 19.3 Å². The number of amides is 1. The number of hydrogen-bond donors (Lipinski definition) is 4. The van der Waals surface area contributed by atoms with E-state index < -0.39 is 40.0 Å². The van der Waals surface area contributed by atoms with Crippen LogP contribution in [0.1, 0.15) is 271 Å². The molecule has 3 unspecified atom stereocenters. The molecule has 0 aromatic heterocycles. The van der Waals surface area contributed by atoms with E-state index in [-0.39, 0.29) is 6.42 Å². The number of nitrogens with one attached hydrogen (secondary N) is 1. The Labute approximate surface area is 354 Å².